The van der Waals surface area contributed by atoms with E-state index in [1.165, 1.54) is 0 Å². The van der Waals surface area contributed by atoms with E-state index in [9.17, 15) is 18.4 Å². The number of aromatic nitrogens is 2. The van der Waals surface area contributed by atoms with Crippen LogP contribution in [0.25, 0.3) is 5.65 Å². The Bertz CT molecular complexity index is 698. The summed E-state index contributed by atoms with van der Waals surface area (Å²) < 4.78 is 40.3. The zero-order valence-corrected chi connectivity index (χ0v) is 11.1. The van der Waals surface area contributed by atoms with Crippen molar-refractivity contribution in [1.82, 2.24) is 9.38 Å². The Hall–Kier alpha value is -2.23. The van der Waals surface area contributed by atoms with Gasteiger partial charge in [-0.25, -0.2) is 4.98 Å². The van der Waals surface area contributed by atoms with Crippen LogP contribution in [0.3, 0.4) is 0 Å². The van der Waals surface area contributed by atoms with Crippen LogP contribution in [0.5, 0.6) is 0 Å². The molecule has 7 heteroatoms. The Morgan fingerprint density at radius 2 is 2.14 bits per heavy atom. The Kier molecular flexibility index (Phi) is 3.24. The molecular weight excluding hydrogens is 281 g/mol. The molecule has 1 fully saturated rings. The molecule has 0 N–H and O–H groups in total. The van der Waals surface area contributed by atoms with E-state index in [1.807, 2.05) is 6.07 Å². The highest BCUT2D eigenvalue weighted by Gasteiger charge is 2.42. The number of rotatable bonds is 1. The second-order valence-electron chi connectivity index (χ2n) is 5.15. The van der Waals surface area contributed by atoms with E-state index in [-0.39, 0.29) is 18.7 Å². The smallest absolute Gasteiger partial charge is 0.354 e. The molecule has 110 valence electrons. The van der Waals surface area contributed by atoms with Crippen molar-refractivity contribution in [3.05, 3.63) is 30.1 Å². The molecule has 4 nitrogen and oxygen atoms in total. The fraction of sp³-hybridized carbons (Fsp3) is 0.429. The Morgan fingerprint density at radius 3 is 2.86 bits per heavy atom. The normalized spacial score (nSPS) is 19.7. The molecule has 0 spiro atoms. The van der Waals surface area contributed by atoms with E-state index < -0.39 is 12.1 Å². The number of halogens is 3. The fourth-order valence-electron chi connectivity index (χ4n) is 2.74. The highest BCUT2D eigenvalue weighted by molar-refractivity contribution is 5.60. The first-order valence-corrected chi connectivity index (χ1v) is 6.69. The zero-order valence-electron chi connectivity index (χ0n) is 11.1. The summed E-state index contributed by atoms with van der Waals surface area (Å²) in [4.78, 5) is 5.90. The average molecular weight is 294 g/mol. The van der Waals surface area contributed by atoms with Gasteiger partial charge < -0.3 is 4.90 Å². The van der Waals surface area contributed by atoms with Gasteiger partial charge >= 0.3 is 6.18 Å². The number of pyridine rings is 1. The third kappa shape index (κ3) is 2.42. The van der Waals surface area contributed by atoms with Crippen molar-refractivity contribution in [2.45, 2.75) is 19.0 Å². The standard InChI is InChI=1S/C14H13F3N4/c15-14(16,17)10-4-3-6-20(9-10)13-11(8-18)21-7-2-1-5-12(21)19-13/h1-2,5,7,10H,3-4,6,9H2. The van der Waals surface area contributed by atoms with Gasteiger partial charge in [0, 0.05) is 19.3 Å². The number of hydrogen-bond acceptors (Lipinski definition) is 3. The van der Waals surface area contributed by atoms with Crippen LogP contribution in [-0.4, -0.2) is 28.7 Å². The van der Waals surface area contributed by atoms with Crippen molar-refractivity contribution >= 4 is 11.5 Å². The SMILES string of the molecule is N#Cc1c(N2CCCC(C(F)(F)F)C2)nc2ccccn12. The van der Waals surface area contributed by atoms with E-state index in [0.29, 0.717) is 24.4 Å². The predicted octanol–water partition coefficient (Wildman–Crippen LogP) is 2.98. The lowest BCUT2D eigenvalue weighted by Gasteiger charge is -2.33. The lowest BCUT2D eigenvalue weighted by molar-refractivity contribution is -0.176. The molecule has 0 amide bonds. The third-order valence-electron chi connectivity index (χ3n) is 3.80. The molecule has 1 atom stereocenters. The molecule has 2 aromatic heterocycles. The summed E-state index contributed by atoms with van der Waals surface area (Å²) >= 11 is 0. The van der Waals surface area contributed by atoms with Gasteiger partial charge in [0.2, 0.25) is 0 Å². The van der Waals surface area contributed by atoms with Crippen LogP contribution in [0.1, 0.15) is 18.5 Å². The molecule has 21 heavy (non-hydrogen) atoms. The maximum atomic E-state index is 12.9. The number of hydrogen-bond donors (Lipinski definition) is 0. The number of fused-ring (bicyclic) bond motifs is 1. The molecule has 0 bridgehead atoms. The van der Waals surface area contributed by atoms with Gasteiger partial charge in [0.1, 0.15) is 11.7 Å². The summed E-state index contributed by atoms with van der Waals surface area (Å²) in [7, 11) is 0. The molecule has 1 aliphatic rings. The summed E-state index contributed by atoms with van der Waals surface area (Å²) in [6, 6.07) is 7.32. The molecule has 2 aromatic rings. The van der Waals surface area contributed by atoms with Crippen molar-refractivity contribution in [1.29, 1.82) is 5.26 Å². The highest BCUT2D eigenvalue weighted by Crippen LogP contribution is 2.35. The Balaban J connectivity index is 1.99. The monoisotopic (exact) mass is 294 g/mol. The molecule has 1 unspecified atom stereocenters. The molecule has 0 aromatic carbocycles. The minimum Gasteiger partial charge on any atom is -0.354 e. The Labute approximate surface area is 119 Å². The van der Waals surface area contributed by atoms with Crippen LogP contribution >= 0.6 is 0 Å². The van der Waals surface area contributed by atoms with Crippen LogP contribution in [0.4, 0.5) is 19.0 Å². The summed E-state index contributed by atoms with van der Waals surface area (Å²) in [5, 5.41) is 9.30. The van der Waals surface area contributed by atoms with Crippen molar-refractivity contribution < 1.29 is 13.2 Å². The lowest BCUT2D eigenvalue weighted by Crippen LogP contribution is -2.42. The Morgan fingerprint density at radius 1 is 1.33 bits per heavy atom. The van der Waals surface area contributed by atoms with E-state index in [0.717, 1.165) is 0 Å². The van der Waals surface area contributed by atoms with E-state index >= 15 is 0 Å². The number of anilines is 1. The average Bonchev–Trinajstić information content (AvgIpc) is 2.85. The second-order valence-corrected chi connectivity index (χ2v) is 5.15. The zero-order chi connectivity index (χ0) is 15.0. The van der Waals surface area contributed by atoms with E-state index in [2.05, 4.69) is 4.98 Å². The number of imidazole rings is 1. The fourth-order valence-corrected chi connectivity index (χ4v) is 2.74. The summed E-state index contributed by atoms with van der Waals surface area (Å²) in [5.41, 5.74) is 0.853. The van der Waals surface area contributed by atoms with Gasteiger partial charge in [-0.2, -0.15) is 18.4 Å². The predicted molar refractivity (Wildman–Crippen MR) is 70.9 cm³/mol. The highest BCUT2D eigenvalue weighted by atomic mass is 19.4. The minimum absolute atomic E-state index is 0.134. The lowest BCUT2D eigenvalue weighted by atomic mass is 9.97. The van der Waals surface area contributed by atoms with Crippen LogP contribution in [0.15, 0.2) is 24.4 Å². The quantitative estimate of drug-likeness (QED) is 0.812. The summed E-state index contributed by atoms with van der Waals surface area (Å²) in [6.45, 7) is 0.354. The molecule has 3 heterocycles. The van der Waals surface area contributed by atoms with Crippen LogP contribution < -0.4 is 4.90 Å². The molecule has 0 aliphatic carbocycles. The first-order valence-electron chi connectivity index (χ1n) is 6.69. The number of nitriles is 1. The van der Waals surface area contributed by atoms with Gasteiger partial charge in [0.05, 0.1) is 5.92 Å². The van der Waals surface area contributed by atoms with Crippen molar-refractivity contribution in [3.63, 3.8) is 0 Å². The van der Waals surface area contributed by atoms with Gasteiger partial charge in [0.25, 0.3) is 0 Å². The van der Waals surface area contributed by atoms with Gasteiger partial charge in [-0.1, -0.05) is 6.07 Å². The van der Waals surface area contributed by atoms with Gasteiger partial charge in [-0.05, 0) is 25.0 Å². The van der Waals surface area contributed by atoms with E-state index in [1.54, 1.807) is 33.7 Å². The maximum absolute atomic E-state index is 12.9. The van der Waals surface area contributed by atoms with Crippen molar-refractivity contribution in [2.75, 3.05) is 18.0 Å². The number of alkyl halides is 3. The van der Waals surface area contributed by atoms with Crippen molar-refractivity contribution in [2.24, 2.45) is 5.92 Å². The van der Waals surface area contributed by atoms with Crippen LogP contribution in [0, 0.1) is 17.2 Å². The third-order valence-corrected chi connectivity index (χ3v) is 3.80. The first-order chi connectivity index (χ1) is 10.0. The van der Waals surface area contributed by atoms with Crippen molar-refractivity contribution in [3.8, 4) is 6.07 Å². The largest absolute Gasteiger partial charge is 0.393 e. The van der Waals surface area contributed by atoms with Crippen LogP contribution in [-0.2, 0) is 0 Å². The number of nitrogens with zero attached hydrogens (tertiary/aromatic N) is 4. The molecule has 1 aliphatic heterocycles. The molecule has 1 saturated heterocycles. The molecular formula is C14H13F3N4. The van der Waals surface area contributed by atoms with Crippen LogP contribution in [0.2, 0.25) is 0 Å². The first kappa shape index (κ1) is 13.7. The number of piperidine rings is 1. The topological polar surface area (TPSA) is 44.3 Å². The second kappa shape index (κ2) is 4.95. The minimum atomic E-state index is -4.20. The van der Waals surface area contributed by atoms with Gasteiger partial charge in [0.15, 0.2) is 11.5 Å². The maximum Gasteiger partial charge on any atom is 0.393 e. The molecule has 0 radical (unpaired) electrons. The summed E-state index contributed by atoms with van der Waals surface area (Å²) in [5.74, 6) is -1.01. The van der Waals surface area contributed by atoms with Gasteiger partial charge in [-0.15, -0.1) is 0 Å². The molecule has 0 saturated carbocycles. The summed E-state index contributed by atoms with van der Waals surface area (Å²) in [6.07, 6.45) is -1.93. The van der Waals surface area contributed by atoms with Gasteiger partial charge in [-0.3, -0.25) is 4.40 Å². The van der Waals surface area contributed by atoms with E-state index in [4.69, 9.17) is 0 Å². The molecule has 3 rings (SSSR count).